The second-order valence-electron chi connectivity index (χ2n) is 2.85. The Labute approximate surface area is 85.1 Å². The Morgan fingerprint density at radius 2 is 2.40 bits per heavy atom. The maximum absolute atomic E-state index is 11.4. The van der Waals surface area contributed by atoms with Gasteiger partial charge >= 0.3 is 6.09 Å². The van der Waals surface area contributed by atoms with Gasteiger partial charge < -0.3 is 9.84 Å². The number of phenolic OH excluding ortho intramolecular Hbond substituents is 1. The van der Waals surface area contributed by atoms with E-state index in [0.29, 0.717) is 5.52 Å². The van der Waals surface area contributed by atoms with Crippen molar-refractivity contribution >= 4 is 17.1 Å². The van der Waals surface area contributed by atoms with Crippen LogP contribution in [0.2, 0.25) is 0 Å². The van der Waals surface area contributed by atoms with E-state index in [9.17, 15) is 9.90 Å². The summed E-state index contributed by atoms with van der Waals surface area (Å²) in [5, 5.41) is 16.7. The van der Waals surface area contributed by atoms with Crippen molar-refractivity contribution < 1.29 is 14.6 Å². The molecule has 78 valence electrons. The maximum Gasteiger partial charge on any atom is 0.436 e. The van der Waals surface area contributed by atoms with Gasteiger partial charge in [0.2, 0.25) is 0 Å². The topological polar surface area (TPSA) is 77.2 Å². The third-order valence-electron chi connectivity index (χ3n) is 1.90. The van der Waals surface area contributed by atoms with Gasteiger partial charge in [0.05, 0.1) is 6.61 Å². The summed E-state index contributed by atoms with van der Waals surface area (Å²) in [6.45, 7) is 1.97. The van der Waals surface area contributed by atoms with E-state index in [4.69, 9.17) is 4.74 Å². The highest BCUT2D eigenvalue weighted by Gasteiger charge is 2.14. The van der Waals surface area contributed by atoms with Crippen LogP contribution in [0.5, 0.6) is 5.75 Å². The Balaban J connectivity index is 2.54. The smallest absolute Gasteiger partial charge is 0.436 e. The van der Waals surface area contributed by atoms with E-state index in [1.54, 1.807) is 19.1 Å². The molecule has 0 saturated carbocycles. The summed E-state index contributed by atoms with van der Waals surface area (Å²) in [5.74, 6) is -0.0111. The molecule has 0 bridgehead atoms. The van der Waals surface area contributed by atoms with Gasteiger partial charge in [0, 0.05) is 0 Å². The average molecular weight is 207 g/mol. The number of nitrogens with zero attached hydrogens (tertiary/aromatic N) is 3. The molecule has 1 aromatic heterocycles. The Morgan fingerprint density at radius 1 is 1.60 bits per heavy atom. The van der Waals surface area contributed by atoms with E-state index < -0.39 is 6.09 Å². The number of aromatic nitrogens is 3. The zero-order chi connectivity index (χ0) is 10.8. The van der Waals surface area contributed by atoms with E-state index in [2.05, 4.69) is 10.3 Å². The Kier molecular flexibility index (Phi) is 2.24. The van der Waals surface area contributed by atoms with Crippen molar-refractivity contribution in [1.82, 2.24) is 15.0 Å². The van der Waals surface area contributed by atoms with Crippen LogP contribution in [0.25, 0.3) is 11.0 Å². The van der Waals surface area contributed by atoms with E-state index in [1.807, 2.05) is 0 Å². The molecule has 0 aliphatic rings. The zero-order valence-electron chi connectivity index (χ0n) is 8.04. The molecule has 0 aliphatic heterocycles. The first-order valence-corrected chi connectivity index (χ1v) is 4.44. The van der Waals surface area contributed by atoms with Crippen molar-refractivity contribution in [1.29, 1.82) is 0 Å². The lowest BCUT2D eigenvalue weighted by Gasteiger charge is -2.00. The van der Waals surface area contributed by atoms with Crippen molar-refractivity contribution in [3.63, 3.8) is 0 Å². The standard InChI is InChI=1S/C9H9N3O3/c1-2-15-9(14)12-6-4-3-5-7(13)8(6)10-11-12/h3-5,13H,2H2,1H3. The molecule has 0 radical (unpaired) electrons. The summed E-state index contributed by atoms with van der Waals surface area (Å²) in [4.78, 5) is 11.4. The predicted molar refractivity (Wildman–Crippen MR) is 51.6 cm³/mol. The Hall–Kier alpha value is -2.11. The van der Waals surface area contributed by atoms with Gasteiger partial charge in [-0.1, -0.05) is 11.3 Å². The van der Waals surface area contributed by atoms with Crippen LogP contribution < -0.4 is 0 Å². The minimum Gasteiger partial charge on any atom is -0.506 e. The number of benzene rings is 1. The molecule has 1 N–H and O–H groups in total. The first kappa shape index (κ1) is 9.45. The van der Waals surface area contributed by atoms with Crippen LogP contribution in [0.3, 0.4) is 0 Å². The number of hydrogen-bond donors (Lipinski definition) is 1. The molecule has 0 aliphatic carbocycles. The van der Waals surface area contributed by atoms with Crippen LogP contribution in [0.15, 0.2) is 18.2 Å². The van der Waals surface area contributed by atoms with E-state index >= 15 is 0 Å². The molecule has 2 aromatic rings. The number of rotatable bonds is 1. The number of hydrogen-bond acceptors (Lipinski definition) is 5. The second-order valence-corrected chi connectivity index (χ2v) is 2.85. The van der Waals surface area contributed by atoms with Crippen LogP contribution in [0, 0.1) is 0 Å². The largest absolute Gasteiger partial charge is 0.506 e. The van der Waals surface area contributed by atoms with Crippen molar-refractivity contribution in [2.24, 2.45) is 0 Å². The van der Waals surface area contributed by atoms with Crippen molar-refractivity contribution in [3.8, 4) is 5.75 Å². The normalized spacial score (nSPS) is 10.5. The lowest BCUT2D eigenvalue weighted by atomic mass is 10.3. The highest BCUT2D eigenvalue weighted by Crippen LogP contribution is 2.21. The second kappa shape index (κ2) is 3.56. The molecule has 6 heteroatoms. The van der Waals surface area contributed by atoms with Gasteiger partial charge in [-0.2, -0.15) is 0 Å². The summed E-state index contributed by atoms with van der Waals surface area (Å²) in [6, 6.07) is 4.72. The van der Waals surface area contributed by atoms with Gasteiger partial charge in [0.25, 0.3) is 0 Å². The highest BCUT2D eigenvalue weighted by molar-refractivity contribution is 5.88. The number of phenols is 1. The molecule has 0 atom stereocenters. The van der Waals surface area contributed by atoms with E-state index in [-0.39, 0.29) is 17.9 Å². The molecule has 0 unspecified atom stereocenters. The van der Waals surface area contributed by atoms with Gasteiger partial charge in [-0.15, -0.1) is 9.78 Å². The molecule has 0 spiro atoms. The molecule has 0 fully saturated rings. The van der Waals surface area contributed by atoms with Crippen LogP contribution >= 0.6 is 0 Å². The van der Waals surface area contributed by atoms with Gasteiger partial charge in [-0.3, -0.25) is 0 Å². The van der Waals surface area contributed by atoms with Crippen LogP contribution in [-0.2, 0) is 4.74 Å². The molecule has 0 saturated heterocycles. The fraction of sp³-hybridized carbons (Fsp3) is 0.222. The maximum atomic E-state index is 11.4. The van der Waals surface area contributed by atoms with Crippen molar-refractivity contribution in [3.05, 3.63) is 18.2 Å². The number of carbonyl (C=O) groups excluding carboxylic acids is 1. The zero-order valence-corrected chi connectivity index (χ0v) is 8.04. The quantitative estimate of drug-likeness (QED) is 0.758. The SMILES string of the molecule is CCOC(=O)n1nnc2c(O)cccc21. The van der Waals surface area contributed by atoms with Gasteiger partial charge in [-0.05, 0) is 19.1 Å². The first-order chi connectivity index (χ1) is 7.24. The van der Waals surface area contributed by atoms with Gasteiger partial charge in [-0.25, -0.2) is 4.79 Å². The number of fused-ring (bicyclic) bond motifs is 1. The molecule has 1 aromatic carbocycles. The van der Waals surface area contributed by atoms with Crippen LogP contribution in [0.4, 0.5) is 4.79 Å². The Morgan fingerprint density at radius 3 is 3.13 bits per heavy atom. The van der Waals surface area contributed by atoms with Crippen LogP contribution in [-0.4, -0.2) is 32.8 Å². The average Bonchev–Trinajstić information content (AvgIpc) is 2.63. The third-order valence-corrected chi connectivity index (χ3v) is 1.90. The molecular weight excluding hydrogens is 198 g/mol. The molecule has 15 heavy (non-hydrogen) atoms. The Bertz CT molecular complexity index is 506. The first-order valence-electron chi connectivity index (χ1n) is 4.44. The molecular formula is C9H9N3O3. The summed E-state index contributed by atoms with van der Waals surface area (Å²) in [5.41, 5.74) is 0.707. The minimum absolute atomic E-state index is 0.0111. The molecule has 0 amide bonds. The molecule has 1 heterocycles. The molecule has 2 rings (SSSR count). The summed E-state index contributed by atoms with van der Waals surface area (Å²) < 4.78 is 5.79. The monoisotopic (exact) mass is 207 g/mol. The number of carbonyl (C=O) groups is 1. The molecule has 6 nitrogen and oxygen atoms in total. The summed E-state index contributed by atoms with van der Waals surface area (Å²) in [6.07, 6.45) is -0.606. The number of ether oxygens (including phenoxy) is 1. The van der Waals surface area contributed by atoms with Gasteiger partial charge in [0.1, 0.15) is 11.3 Å². The van der Waals surface area contributed by atoms with E-state index in [0.717, 1.165) is 4.68 Å². The number of aromatic hydroxyl groups is 1. The lowest BCUT2D eigenvalue weighted by Crippen LogP contribution is -2.14. The fourth-order valence-electron chi connectivity index (χ4n) is 1.25. The minimum atomic E-state index is -0.606. The van der Waals surface area contributed by atoms with Crippen molar-refractivity contribution in [2.75, 3.05) is 6.61 Å². The van der Waals surface area contributed by atoms with Crippen molar-refractivity contribution in [2.45, 2.75) is 6.92 Å². The van der Waals surface area contributed by atoms with Crippen LogP contribution in [0.1, 0.15) is 6.92 Å². The summed E-state index contributed by atoms with van der Waals surface area (Å²) >= 11 is 0. The summed E-state index contributed by atoms with van der Waals surface area (Å²) in [7, 11) is 0. The lowest BCUT2D eigenvalue weighted by molar-refractivity contribution is 0.151. The predicted octanol–water partition coefficient (Wildman–Crippen LogP) is 1.14. The van der Waals surface area contributed by atoms with E-state index in [1.165, 1.54) is 6.07 Å². The third kappa shape index (κ3) is 1.50. The van der Waals surface area contributed by atoms with Gasteiger partial charge in [0.15, 0.2) is 5.52 Å². The fourth-order valence-corrected chi connectivity index (χ4v) is 1.25. The highest BCUT2D eigenvalue weighted by atomic mass is 16.6.